The van der Waals surface area contributed by atoms with Gasteiger partial charge in [-0.25, -0.2) is 0 Å². The van der Waals surface area contributed by atoms with E-state index < -0.39 is 34.6 Å². The van der Waals surface area contributed by atoms with E-state index in [0.29, 0.717) is 38.6 Å². The predicted molar refractivity (Wildman–Crippen MR) is 111 cm³/mol. The molecule has 170 valence electrons. The molecule has 3 amide bonds. The molecule has 3 rings (SSSR count). The lowest BCUT2D eigenvalue weighted by molar-refractivity contribution is -0.148. The van der Waals surface area contributed by atoms with E-state index in [2.05, 4.69) is 10.6 Å². The maximum absolute atomic E-state index is 13.6. The zero-order valence-corrected chi connectivity index (χ0v) is 18.9. The van der Waals surface area contributed by atoms with Gasteiger partial charge in [-0.15, -0.1) is 0 Å². The Labute approximate surface area is 179 Å². The fourth-order valence-electron chi connectivity index (χ4n) is 5.82. The topological polar surface area (TPSA) is 108 Å². The van der Waals surface area contributed by atoms with Crippen LogP contribution in [-0.2, 0) is 19.1 Å². The number of hydrogen-bond acceptors (Lipinski definition) is 5. The highest BCUT2D eigenvalue weighted by Crippen LogP contribution is 2.64. The van der Waals surface area contributed by atoms with Gasteiger partial charge in [0.2, 0.25) is 17.7 Å². The molecular weight excluding hydrogens is 386 g/mol. The first kappa shape index (κ1) is 23.0. The van der Waals surface area contributed by atoms with Gasteiger partial charge >= 0.3 is 0 Å². The summed E-state index contributed by atoms with van der Waals surface area (Å²) in [7, 11) is 1.58. The summed E-state index contributed by atoms with van der Waals surface area (Å²) in [5.74, 6) is -1.78. The number of ether oxygens (including phenoxy) is 1. The van der Waals surface area contributed by atoms with Gasteiger partial charge in [0.15, 0.2) is 0 Å². The van der Waals surface area contributed by atoms with Crippen LogP contribution in [0.3, 0.4) is 0 Å². The summed E-state index contributed by atoms with van der Waals surface area (Å²) in [4.78, 5) is 41.6. The average Bonchev–Trinajstić information content (AvgIpc) is 3.27. The molecule has 3 fully saturated rings. The van der Waals surface area contributed by atoms with E-state index in [0.717, 1.165) is 6.42 Å². The van der Waals surface area contributed by atoms with Gasteiger partial charge in [0.05, 0.1) is 17.4 Å². The van der Waals surface area contributed by atoms with Crippen molar-refractivity contribution in [3.63, 3.8) is 0 Å². The van der Waals surface area contributed by atoms with Gasteiger partial charge in [0.25, 0.3) is 0 Å². The van der Waals surface area contributed by atoms with Crippen LogP contribution in [0.5, 0.6) is 0 Å². The summed E-state index contributed by atoms with van der Waals surface area (Å²) >= 11 is 0. The smallest absolute Gasteiger partial charge is 0.246 e. The molecule has 3 aliphatic rings. The maximum atomic E-state index is 13.6. The first-order valence-electron chi connectivity index (χ1n) is 11.2. The zero-order chi connectivity index (χ0) is 22.3. The molecule has 0 aromatic heterocycles. The predicted octanol–water partition coefficient (Wildman–Crippen LogP) is 0.965. The Hall–Kier alpha value is -1.67. The molecular formula is C22H37N3O5. The molecule has 3 N–H and O–H groups in total. The Kier molecular flexibility index (Phi) is 6.22. The first-order chi connectivity index (χ1) is 14.1. The fraction of sp³-hybridized carbons (Fsp3) is 0.864. The minimum Gasteiger partial charge on any atom is -0.396 e. The van der Waals surface area contributed by atoms with E-state index in [1.54, 1.807) is 11.9 Å². The zero-order valence-electron chi connectivity index (χ0n) is 18.9. The molecule has 2 bridgehead atoms. The van der Waals surface area contributed by atoms with Crippen LogP contribution in [-0.4, -0.2) is 70.7 Å². The van der Waals surface area contributed by atoms with Crippen molar-refractivity contribution in [2.24, 2.45) is 11.8 Å². The minimum absolute atomic E-state index is 0.106. The number of rotatable bonds is 8. The third kappa shape index (κ3) is 3.51. The van der Waals surface area contributed by atoms with E-state index in [1.807, 2.05) is 27.7 Å². The third-order valence-electron chi connectivity index (χ3n) is 7.01. The largest absolute Gasteiger partial charge is 0.396 e. The van der Waals surface area contributed by atoms with E-state index in [9.17, 15) is 14.4 Å². The summed E-state index contributed by atoms with van der Waals surface area (Å²) < 4.78 is 6.61. The monoisotopic (exact) mass is 423 g/mol. The second kappa shape index (κ2) is 8.11. The Balaban J connectivity index is 2.00. The van der Waals surface area contributed by atoms with Crippen molar-refractivity contribution in [3.8, 4) is 0 Å². The highest BCUT2D eigenvalue weighted by Gasteiger charge is 2.78. The summed E-state index contributed by atoms with van der Waals surface area (Å²) in [5.41, 5.74) is -2.10. The van der Waals surface area contributed by atoms with Crippen LogP contribution in [0.1, 0.15) is 66.2 Å². The van der Waals surface area contributed by atoms with E-state index in [1.165, 1.54) is 0 Å². The van der Waals surface area contributed by atoms with Crippen molar-refractivity contribution >= 4 is 17.7 Å². The number of amides is 3. The van der Waals surface area contributed by atoms with Crippen LogP contribution < -0.4 is 10.6 Å². The highest BCUT2D eigenvalue weighted by atomic mass is 16.5. The molecule has 0 aromatic rings. The molecule has 3 aliphatic heterocycles. The van der Waals surface area contributed by atoms with Crippen LogP contribution in [0.15, 0.2) is 0 Å². The van der Waals surface area contributed by atoms with Crippen molar-refractivity contribution in [2.45, 2.75) is 89.0 Å². The van der Waals surface area contributed by atoms with E-state index in [-0.39, 0.29) is 24.3 Å². The molecule has 2 unspecified atom stereocenters. The normalized spacial score (nSPS) is 34.9. The number of aliphatic hydroxyl groups is 1. The second-order valence-electron chi connectivity index (χ2n) is 10.0. The number of carbonyl (C=O) groups excluding carboxylic acids is 3. The van der Waals surface area contributed by atoms with Crippen LogP contribution in [0, 0.1) is 11.8 Å². The number of carbonyl (C=O) groups is 3. The molecule has 0 aliphatic carbocycles. The van der Waals surface area contributed by atoms with Gasteiger partial charge in [0.1, 0.15) is 11.6 Å². The van der Waals surface area contributed by atoms with Crippen LogP contribution in [0.4, 0.5) is 0 Å². The number of fused-ring (bicyclic) bond motifs is 1. The molecule has 0 aromatic carbocycles. The SMILES string of the molecule is CC[C@@]12CCC3(O1)C(C(=O)NC(C)(C)C)N(CCCCCO)C(=O)[C@@H]3[C@@H]2C(=O)NC. The second-order valence-corrected chi connectivity index (χ2v) is 10.0. The van der Waals surface area contributed by atoms with Gasteiger partial charge in [0, 0.05) is 25.7 Å². The molecule has 0 saturated carbocycles. The number of hydrogen-bond donors (Lipinski definition) is 3. The third-order valence-corrected chi connectivity index (χ3v) is 7.01. The first-order valence-corrected chi connectivity index (χ1v) is 11.2. The van der Waals surface area contributed by atoms with Gasteiger partial charge in [-0.3, -0.25) is 14.4 Å². The Bertz CT molecular complexity index is 705. The summed E-state index contributed by atoms with van der Waals surface area (Å²) in [6.07, 6.45) is 4.01. The van der Waals surface area contributed by atoms with Crippen molar-refractivity contribution < 1.29 is 24.2 Å². The lowest BCUT2D eigenvalue weighted by Gasteiger charge is -2.35. The van der Waals surface area contributed by atoms with Crippen LogP contribution in [0.25, 0.3) is 0 Å². The minimum atomic E-state index is -0.962. The molecule has 0 radical (unpaired) electrons. The Morgan fingerprint density at radius 2 is 1.90 bits per heavy atom. The number of unbranched alkanes of at least 4 members (excludes halogenated alkanes) is 2. The molecule has 8 nitrogen and oxygen atoms in total. The standard InChI is InChI=1S/C22H37N3O5/c1-6-21-10-11-22(30-21)15(14(21)17(27)23-5)19(29)25(12-8-7-9-13-26)16(22)18(28)24-20(2,3)4/h14-16,26H,6-13H2,1-5H3,(H,23,27)(H,24,28)/t14-,15+,16?,21+,22?/m1/s1. The average molecular weight is 424 g/mol. The van der Waals surface area contributed by atoms with Gasteiger partial charge < -0.3 is 25.4 Å². The Morgan fingerprint density at radius 3 is 2.47 bits per heavy atom. The van der Waals surface area contributed by atoms with Gasteiger partial charge in [-0.1, -0.05) is 6.92 Å². The molecule has 5 atom stereocenters. The van der Waals surface area contributed by atoms with Crippen molar-refractivity contribution in [1.29, 1.82) is 0 Å². The van der Waals surface area contributed by atoms with E-state index in [4.69, 9.17) is 9.84 Å². The van der Waals surface area contributed by atoms with Gasteiger partial charge in [-0.05, 0) is 59.3 Å². The number of nitrogens with one attached hydrogen (secondary N) is 2. The van der Waals surface area contributed by atoms with Crippen LogP contribution in [0.2, 0.25) is 0 Å². The molecule has 3 heterocycles. The highest BCUT2D eigenvalue weighted by molar-refractivity contribution is 5.99. The Morgan fingerprint density at radius 1 is 1.20 bits per heavy atom. The molecule has 8 heteroatoms. The quantitative estimate of drug-likeness (QED) is 0.504. The fourth-order valence-corrected chi connectivity index (χ4v) is 5.82. The summed E-state index contributed by atoms with van der Waals surface area (Å²) in [5, 5.41) is 14.8. The molecule has 30 heavy (non-hydrogen) atoms. The lowest BCUT2D eigenvalue weighted by atomic mass is 9.65. The van der Waals surface area contributed by atoms with Crippen LogP contribution >= 0.6 is 0 Å². The molecule has 1 spiro atoms. The van der Waals surface area contributed by atoms with Crippen molar-refractivity contribution in [3.05, 3.63) is 0 Å². The number of aliphatic hydroxyl groups excluding tert-OH is 1. The molecule has 3 saturated heterocycles. The number of likely N-dealkylation sites (tertiary alicyclic amines) is 1. The summed E-state index contributed by atoms with van der Waals surface area (Å²) in [6, 6.07) is -0.744. The van der Waals surface area contributed by atoms with Crippen molar-refractivity contribution in [2.75, 3.05) is 20.2 Å². The van der Waals surface area contributed by atoms with E-state index >= 15 is 0 Å². The summed E-state index contributed by atoms with van der Waals surface area (Å²) in [6.45, 7) is 8.25. The number of nitrogens with zero attached hydrogens (tertiary/aromatic N) is 1. The van der Waals surface area contributed by atoms with Crippen molar-refractivity contribution in [1.82, 2.24) is 15.5 Å². The van der Waals surface area contributed by atoms with Gasteiger partial charge in [-0.2, -0.15) is 0 Å². The maximum Gasteiger partial charge on any atom is 0.246 e. The lowest BCUT2D eigenvalue weighted by Crippen LogP contribution is -2.58.